The first-order valence-electron chi connectivity index (χ1n) is 7.48. The van der Waals surface area contributed by atoms with Gasteiger partial charge in [0.05, 0.1) is 18.6 Å². The first-order valence-corrected chi connectivity index (χ1v) is 7.48. The molecule has 0 saturated carbocycles. The molecule has 2 N–H and O–H groups in total. The number of nitro benzene ring substituents is 1. The van der Waals surface area contributed by atoms with Crippen molar-refractivity contribution in [1.29, 1.82) is 0 Å². The number of hydrogen-bond acceptors (Lipinski definition) is 5. The molecule has 0 bridgehead atoms. The Morgan fingerprint density at radius 1 is 1.23 bits per heavy atom. The lowest BCUT2D eigenvalue weighted by atomic mass is 10.1. The normalized spacial score (nSPS) is 10.1. The summed E-state index contributed by atoms with van der Waals surface area (Å²) in [5, 5.41) is 15.8. The Morgan fingerprint density at radius 3 is 2.58 bits per heavy atom. The fraction of sp³-hybridized carbons (Fsp3) is 0.176. The van der Waals surface area contributed by atoms with Crippen LogP contribution in [-0.4, -0.2) is 30.4 Å². The van der Waals surface area contributed by atoms with Crippen LogP contribution in [0.5, 0.6) is 5.75 Å². The average Bonchev–Trinajstić information content (AvgIpc) is 2.62. The number of carbonyl (C=O) groups excluding carboxylic acids is 2. The summed E-state index contributed by atoms with van der Waals surface area (Å²) in [7, 11) is 1.28. The number of nitro groups is 1. The van der Waals surface area contributed by atoms with Gasteiger partial charge >= 0.3 is 5.69 Å². The third kappa shape index (κ3) is 4.53. The van der Waals surface area contributed by atoms with Gasteiger partial charge in [-0.2, -0.15) is 0 Å². The molecule has 0 unspecified atom stereocenters. The van der Waals surface area contributed by atoms with Crippen LogP contribution in [0.2, 0.25) is 0 Å². The second-order valence-corrected chi connectivity index (χ2v) is 5.34. The molecule has 0 saturated heterocycles. The summed E-state index contributed by atoms with van der Waals surface area (Å²) >= 11 is 0. The predicted molar refractivity (Wildman–Crippen MR) is 91.7 cm³/mol. The zero-order valence-electron chi connectivity index (χ0n) is 14.0. The number of aryl methyl sites for hydroxylation is 1. The number of nitrogens with zero attached hydrogens (tertiary/aromatic N) is 1. The van der Waals surface area contributed by atoms with Crippen molar-refractivity contribution >= 4 is 23.2 Å². The van der Waals surface area contributed by atoms with E-state index >= 15 is 0 Å². The van der Waals surface area contributed by atoms with Gasteiger partial charge in [0.25, 0.3) is 5.91 Å². The van der Waals surface area contributed by atoms with Crippen LogP contribution < -0.4 is 15.4 Å². The van der Waals surface area contributed by atoms with Crippen molar-refractivity contribution in [3.05, 3.63) is 63.5 Å². The SMILES string of the molecule is COc1ccc(C(=O)NCC(=O)Nc2ccc(C)c(F)c2)cc1[N+](=O)[O-]. The summed E-state index contributed by atoms with van der Waals surface area (Å²) in [5.74, 6) is -1.67. The predicted octanol–water partition coefficient (Wildman–Crippen LogP) is 2.42. The zero-order valence-corrected chi connectivity index (χ0v) is 14.0. The summed E-state index contributed by atoms with van der Waals surface area (Å²) in [5.41, 5.74) is 0.344. The quantitative estimate of drug-likeness (QED) is 0.606. The van der Waals surface area contributed by atoms with E-state index in [9.17, 15) is 24.1 Å². The number of methoxy groups -OCH3 is 1. The minimum atomic E-state index is -0.672. The van der Waals surface area contributed by atoms with Gasteiger partial charge in [0.15, 0.2) is 5.75 Å². The van der Waals surface area contributed by atoms with Crippen LogP contribution in [0.25, 0.3) is 0 Å². The van der Waals surface area contributed by atoms with Gasteiger partial charge in [-0.1, -0.05) is 6.07 Å². The minimum Gasteiger partial charge on any atom is -0.490 e. The number of ether oxygens (including phenoxy) is 1. The van der Waals surface area contributed by atoms with Crippen LogP contribution in [0.15, 0.2) is 36.4 Å². The van der Waals surface area contributed by atoms with Gasteiger partial charge in [-0.05, 0) is 36.8 Å². The van der Waals surface area contributed by atoms with Crippen molar-refractivity contribution in [1.82, 2.24) is 5.32 Å². The van der Waals surface area contributed by atoms with Gasteiger partial charge in [-0.3, -0.25) is 19.7 Å². The molecule has 26 heavy (non-hydrogen) atoms. The molecular formula is C17H16FN3O5. The Bertz CT molecular complexity index is 869. The van der Waals surface area contributed by atoms with E-state index in [2.05, 4.69) is 10.6 Å². The molecule has 0 aliphatic carbocycles. The number of anilines is 1. The summed E-state index contributed by atoms with van der Waals surface area (Å²) < 4.78 is 18.3. The Kier molecular flexibility index (Phi) is 5.84. The molecule has 2 aromatic carbocycles. The standard InChI is InChI=1S/C17H16FN3O5/c1-10-3-5-12(8-13(10)18)20-16(22)9-19-17(23)11-4-6-15(26-2)14(7-11)21(24)25/h3-8H,9H2,1-2H3,(H,19,23)(H,20,22). The topological polar surface area (TPSA) is 111 Å². The second-order valence-electron chi connectivity index (χ2n) is 5.34. The maximum Gasteiger partial charge on any atom is 0.311 e. The highest BCUT2D eigenvalue weighted by Crippen LogP contribution is 2.27. The van der Waals surface area contributed by atoms with E-state index in [0.717, 1.165) is 6.07 Å². The van der Waals surface area contributed by atoms with Crippen LogP contribution in [-0.2, 0) is 4.79 Å². The van der Waals surface area contributed by atoms with E-state index < -0.39 is 22.6 Å². The summed E-state index contributed by atoms with van der Waals surface area (Å²) in [6.45, 7) is 1.21. The molecule has 0 fully saturated rings. The van der Waals surface area contributed by atoms with Crippen molar-refractivity contribution < 1.29 is 23.6 Å². The Labute approximate surface area is 148 Å². The molecule has 0 spiro atoms. The van der Waals surface area contributed by atoms with Crippen molar-refractivity contribution in [3.63, 3.8) is 0 Å². The largest absolute Gasteiger partial charge is 0.490 e. The van der Waals surface area contributed by atoms with E-state index in [0.29, 0.717) is 5.56 Å². The number of halogens is 1. The summed E-state index contributed by atoms with van der Waals surface area (Å²) in [6.07, 6.45) is 0. The van der Waals surface area contributed by atoms with E-state index in [4.69, 9.17) is 4.74 Å². The molecule has 8 nitrogen and oxygen atoms in total. The van der Waals surface area contributed by atoms with Crippen LogP contribution in [0.1, 0.15) is 15.9 Å². The number of benzene rings is 2. The maximum absolute atomic E-state index is 13.4. The van der Waals surface area contributed by atoms with Crippen molar-refractivity contribution in [2.24, 2.45) is 0 Å². The van der Waals surface area contributed by atoms with E-state index in [1.54, 1.807) is 6.92 Å². The number of carbonyl (C=O) groups is 2. The third-order valence-electron chi connectivity index (χ3n) is 3.50. The Balaban J connectivity index is 1.99. The van der Waals surface area contributed by atoms with Gasteiger partial charge in [-0.25, -0.2) is 4.39 Å². The van der Waals surface area contributed by atoms with Crippen LogP contribution in [0.4, 0.5) is 15.8 Å². The molecule has 2 aromatic rings. The molecule has 0 aliphatic heterocycles. The van der Waals surface area contributed by atoms with Crippen molar-refractivity contribution in [3.8, 4) is 5.75 Å². The molecule has 0 aliphatic rings. The molecule has 0 radical (unpaired) electrons. The molecular weight excluding hydrogens is 345 g/mol. The number of nitrogens with one attached hydrogen (secondary N) is 2. The highest BCUT2D eigenvalue weighted by Gasteiger charge is 2.18. The highest BCUT2D eigenvalue weighted by atomic mass is 19.1. The fourth-order valence-electron chi connectivity index (χ4n) is 2.11. The van der Waals surface area contributed by atoms with Gasteiger partial charge in [0, 0.05) is 17.3 Å². The second kappa shape index (κ2) is 8.06. The zero-order chi connectivity index (χ0) is 19.3. The third-order valence-corrected chi connectivity index (χ3v) is 3.50. The molecule has 9 heteroatoms. The molecule has 2 amide bonds. The highest BCUT2D eigenvalue weighted by molar-refractivity contribution is 5.99. The Morgan fingerprint density at radius 2 is 1.96 bits per heavy atom. The monoisotopic (exact) mass is 361 g/mol. The number of rotatable bonds is 6. The molecule has 0 heterocycles. The Hall–Kier alpha value is -3.49. The van der Waals surface area contributed by atoms with Gasteiger partial charge < -0.3 is 15.4 Å². The molecule has 0 atom stereocenters. The lowest BCUT2D eigenvalue weighted by Gasteiger charge is -2.08. The fourth-order valence-corrected chi connectivity index (χ4v) is 2.11. The van der Waals surface area contributed by atoms with Crippen LogP contribution in [0, 0.1) is 22.9 Å². The van der Waals surface area contributed by atoms with E-state index in [1.165, 1.54) is 37.4 Å². The van der Waals surface area contributed by atoms with E-state index in [1.807, 2.05) is 0 Å². The first kappa shape index (κ1) is 18.8. The average molecular weight is 361 g/mol. The lowest BCUT2D eigenvalue weighted by molar-refractivity contribution is -0.385. The first-order chi connectivity index (χ1) is 12.3. The van der Waals surface area contributed by atoms with Crippen LogP contribution >= 0.6 is 0 Å². The number of amides is 2. The molecule has 2 rings (SSSR count). The van der Waals surface area contributed by atoms with Crippen molar-refractivity contribution in [2.45, 2.75) is 6.92 Å². The number of hydrogen-bond donors (Lipinski definition) is 2. The van der Waals surface area contributed by atoms with Gasteiger partial charge in [0.1, 0.15) is 5.82 Å². The van der Waals surface area contributed by atoms with Gasteiger partial charge in [-0.15, -0.1) is 0 Å². The smallest absolute Gasteiger partial charge is 0.311 e. The van der Waals surface area contributed by atoms with Crippen LogP contribution in [0.3, 0.4) is 0 Å². The summed E-state index contributed by atoms with van der Waals surface area (Å²) in [6, 6.07) is 7.91. The summed E-state index contributed by atoms with van der Waals surface area (Å²) in [4.78, 5) is 34.2. The minimum absolute atomic E-state index is 0.00619. The van der Waals surface area contributed by atoms with Crippen molar-refractivity contribution in [2.75, 3.05) is 19.0 Å². The molecule has 136 valence electrons. The van der Waals surface area contributed by atoms with Gasteiger partial charge in [0.2, 0.25) is 5.91 Å². The lowest BCUT2D eigenvalue weighted by Crippen LogP contribution is -2.32. The molecule has 0 aromatic heterocycles. The maximum atomic E-state index is 13.4. The van der Waals surface area contributed by atoms with E-state index in [-0.39, 0.29) is 29.2 Å².